The van der Waals surface area contributed by atoms with E-state index in [1.54, 1.807) is 19.1 Å². The summed E-state index contributed by atoms with van der Waals surface area (Å²) in [6.45, 7) is 22.7. The number of aliphatic hydroxyl groups excluding tert-OH is 2. The van der Waals surface area contributed by atoms with E-state index < -0.39 is 141 Å². The van der Waals surface area contributed by atoms with E-state index in [0.717, 1.165) is 6.42 Å². The fourth-order valence-corrected chi connectivity index (χ4v) is 16.1. The Hall–Kier alpha value is -1.86. The van der Waals surface area contributed by atoms with Crippen molar-refractivity contribution in [2.45, 2.75) is 281 Å². The summed E-state index contributed by atoms with van der Waals surface area (Å²) in [6.07, 6.45) is -1.23. The van der Waals surface area contributed by atoms with Crippen molar-refractivity contribution in [1.82, 2.24) is 0 Å². The summed E-state index contributed by atoms with van der Waals surface area (Å²) < 4.78 is 151. The highest BCUT2D eigenvalue weighted by Crippen LogP contribution is 2.54. The molecule has 0 spiro atoms. The number of hydrogen-bond donors (Lipinski definition) is 5. The van der Waals surface area contributed by atoms with Gasteiger partial charge in [-0.15, -0.1) is 6.58 Å². The van der Waals surface area contributed by atoms with Crippen LogP contribution in [0.5, 0.6) is 0 Å². The molecule has 79 heavy (non-hydrogen) atoms. The normalized spacial score (nSPS) is 50.9. The van der Waals surface area contributed by atoms with E-state index in [0.29, 0.717) is 75.4 Å². The van der Waals surface area contributed by atoms with Gasteiger partial charge in [-0.05, 0) is 83.8 Å². The predicted molar refractivity (Wildman–Crippen MR) is 277 cm³/mol. The maximum Gasteiger partial charge on any atom is 0.397 e. The molecule has 0 aliphatic carbocycles. The van der Waals surface area contributed by atoms with Crippen LogP contribution < -0.4 is 0 Å². The molecule has 27 atom stereocenters. The lowest BCUT2D eigenvalue weighted by molar-refractivity contribution is -0.369. The summed E-state index contributed by atoms with van der Waals surface area (Å²) in [5.74, 6) is 0.0510. The molecule has 11 aliphatic rings. The standard InChI is InChI=1S/C55H82O22S2/c1-10-30(56)27(2)11-14-51(5,58)50-29(4)19-39-38(72-50)25-46-55(9,75-39)49(57)48-42(71-46)23-41-47(73-48)28(3)12-15-53(7)44(70-41)26-43-54(8,77-53)16-13-31-32(69-43)20-34-33(66-31)21-35-36(67-34)22-40-37(68-35)24-45(76-79(62,63)64)52(6,74-40)17-18-65-78(59,60)61/h10-11,14,28,30-50,56-58H,1-2,4,12-13,15-26H2,3,5-9H3,(H,59,60,61)(H,62,63,64)/b14-11+/t28-,30?,31-,32+,33+,34-,35-,36+,37+,38+,39-,40-,41-,42+,43-,44+,45-,46-,47+,48+,49+,50-,51-,52-,53+,54-,55+/m0/s1. The van der Waals surface area contributed by atoms with Crippen molar-refractivity contribution in [3.63, 3.8) is 0 Å². The third kappa shape index (κ3) is 11.5. The Morgan fingerprint density at radius 2 is 1.27 bits per heavy atom. The van der Waals surface area contributed by atoms with E-state index in [-0.39, 0.29) is 61.5 Å². The lowest BCUT2D eigenvalue weighted by Gasteiger charge is -2.61. The number of hydrogen-bond acceptors (Lipinski definition) is 20. The molecule has 0 radical (unpaired) electrons. The van der Waals surface area contributed by atoms with Crippen LogP contribution in [0.4, 0.5) is 0 Å². The van der Waals surface area contributed by atoms with Crippen molar-refractivity contribution in [3.05, 3.63) is 49.1 Å². The van der Waals surface area contributed by atoms with Gasteiger partial charge in [0.05, 0.1) is 127 Å². The van der Waals surface area contributed by atoms with Crippen LogP contribution in [-0.2, 0) is 81.3 Å². The molecule has 0 bridgehead atoms. The van der Waals surface area contributed by atoms with E-state index in [4.69, 9.17) is 60.8 Å². The van der Waals surface area contributed by atoms with E-state index in [1.807, 2.05) is 6.92 Å². The fraction of sp³-hybridized carbons (Fsp3) is 0.855. The van der Waals surface area contributed by atoms with Crippen molar-refractivity contribution >= 4 is 20.8 Å². The zero-order valence-electron chi connectivity index (χ0n) is 45.9. The van der Waals surface area contributed by atoms with Crippen molar-refractivity contribution in [2.75, 3.05) is 6.61 Å². The predicted octanol–water partition coefficient (Wildman–Crippen LogP) is 4.03. The van der Waals surface area contributed by atoms with Crippen LogP contribution in [0.25, 0.3) is 0 Å². The Balaban J connectivity index is 0.748. The Morgan fingerprint density at radius 1 is 0.709 bits per heavy atom. The van der Waals surface area contributed by atoms with Crippen LogP contribution >= 0.6 is 0 Å². The Morgan fingerprint density at radius 3 is 1.91 bits per heavy atom. The Kier molecular flexibility index (Phi) is 15.9. The van der Waals surface area contributed by atoms with Gasteiger partial charge in [-0.3, -0.25) is 9.11 Å². The van der Waals surface area contributed by atoms with E-state index in [2.05, 4.69) is 44.7 Å². The SMILES string of the molecule is C=CC(O)C(=C)/C=C/[C@](C)(O)[C@H]1O[C@@H]2C[C@@H]3O[C@@H]4C[C@@H]5O[C@@H]6C[C@@H]7O[C@@H]8C[C@@H]9O[C@@H]%10C[C@@H]%11O[C@@](C)(CCOS(=O)(=O)O)[C@@H](OS(=O)(=O)O)C[C@H]%11O[C@H]%10C[C@H]9O[C@H]8CC[C@]7(C)O[C@]6(C)CC[C@H](C)[C@H]5O[C@H]4[C@@H](O)[C@]3(C)O[C@H]2CC1=C. The minimum absolute atomic E-state index is 0.00274. The number of rotatable bonds is 11. The zero-order chi connectivity index (χ0) is 56.6. The lowest BCUT2D eigenvalue weighted by atomic mass is 9.73. The van der Waals surface area contributed by atoms with Crippen LogP contribution in [0.3, 0.4) is 0 Å². The second-order valence-corrected chi connectivity index (χ2v) is 27.8. The molecule has 11 saturated heterocycles. The highest BCUT2D eigenvalue weighted by atomic mass is 32.3. The van der Waals surface area contributed by atoms with Gasteiger partial charge < -0.3 is 67.4 Å². The van der Waals surface area contributed by atoms with E-state index in [9.17, 15) is 36.7 Å². The topological polar surface area (TPSA) is 289 Å². The van der Waals surface area contributed by atoms with Crippen molar-refractivity contribution in [1.29, 1.82) is 0 Å². The van der Waals surface area contributed by atoms with Crippen LogP contribution in [0.1, 0.15) is 125 Å². The lowest BCUT2D eigenvalue weighted by Crippen LogP contribution is -2.74. The first-order valence-electron chi connectivity index (χ1n) is 28.3. The van der Waals surface area contributed by atoms with Gasteiger partial charge in [0, 0.05) is 51.4 Å². The molecule has 0 aromatic heterocycles. The van der Waals surface area contributed by atoms with Crippen molar-refractivity contribution < 1.29 is 102 Å². The van der Waals surface area contributed by atoms with Gasteiger partial charge in [0.2, 0.25) is 0 Å². The summed E-state index contributed by atoms with van der Waals surface area (Å²) in [5, 5.41) is 34.1. The third-order valence-electron chi connectivity index (χ3n) is 19.8. The largest absolute Gasteiger partial charge is 0.397 e. The van der Waals surface area contributed by atoms with Crippen molar-refractivity contribution in [2.24, 2.45) is 5.92 Å². The maximum atomic E-state index is 12.3. The van der Waals surface area contributed by atoms with Crippen molar-refractivity contribution in [3.8, 4) is 0 Å². The molecule has 11 heterocycles. The Bertz CT molecular complexity index is 2580. The highest BCUT2D eigenvalue weighted by molar-refractivity contribution is 7.81. The molecule has 0 aromatic carbocycles. The van der Waals surface area contributed by atoms with Gasteiger partial charge >= 0.3 is 20.8 Å². The molecule has 22 nitrogen and oxygen atoms in total. The summed E-state index contributed by atoms with van der Waals surface area (Å²) in [6, 6.07) is 0. The van der Waals surface area contributed by atoms with Gasteiger partial charge in [0.1, 0.15) is 35.6 Å². The average Bonchev–Trinajstić information content (AvgIpc) is 3.52. The van der Waals surface area contributed by atoms with E-state index in [1.165, 1.54) is 13.0 Å². The maximum absolute atomic E-state index is 12.3. The summed E-state index contributed by atoms with van der Waals surface area (Å²) in [4.78, 5) is 0. The molecule has 1 unspecified atom stereocenters. The molecular formula is C55H82O22S2. The van der Waals surface area contributed by atoms with Crippen LogP contribution in [-0.4, -0.2) is 204 Å². The first-order chi connectivity index (χ1) is 36.9. The molecule has 11 rings (SSSR count). The number of fused-ring (bicyclic) bond motifs is 10. The number of aliphatic hydroxyl groups is 3. The minimum Gasteiger partial charge on any atom is -0.387 e. The molecule has 0 aromatic rings. The molecule has 5 N–H and O–H groups in total. The minimum atomic E-state index is -4.95. The molecular weight excluding hydrogens is 1080 g/mol. The average molecular weight is 1160 g/mol. The van der Waals surface area contributed by atoms with Gasteiger partial charge in [-0.1, -0.05) is 38.3 Å². The smallest absolute Gasteiger partial charge is 0.387 e. The van der Waals surface area contributed by atoms with Gasteiger partial charge in [-0.25, -0.2) is 8.37 Å². The molecule has 0 amide bonds. The third-order valence-corrected chi connectivity index (χ3v) is 20.7. The second kappa shape index (κ2) is 21.3. The fourth-order valence-electron chi connectivity index (χ4n) is 15.3. The first-order valence-corrected chi connectivity index (χ1v) is 31.0. The molecule has 11 fully saturated rings. The quantitative estimate of drug-likeness (QED) is 0.111. The number of ether oxygens (including phenoxy) is 11. The zero-order valence-corrected chi connectivity index (χ0v) is 47.6. The summed E-state index contributed by atoms with van der Waals surface area (Å²) in [5.41, 5.74) is -4.40. The van der Waals surface area contributed by atoms with Gasteiger partial charge in [0.25, 0.3) is 0 Å². The summed E-state index contributed by atoms with van der Waals surface area (Å²) >= 11 is 0. The molecule has 11 aliphatic heterocycles. The highest BCUT2D eigenvalue weighted by Gasteiger charge is 2.65. The van der Waals surface area contributed by atoms with E-state index >= 15 is 0 Å². The summed E-state index contributed by atoms with van der Waals surface area (Å²) in [7, 11) is -9.75. The van der Waals surface area contributed by atoms with Crippen LogP contribution in [0.2, 0.25) is 0 Å². The van der Waals surface area contributed by atoms with Gasteiger partial charge in [-0.2, -0.15) is 16.8 Å². The van der Waals surface area contributed by atoms with Crippen LogP contribution in [0.15, 0.2) is 49.1 Å². The molecule has 446 valence electrons. The van der Waals surface area contributed by atoms with Gasteiger partial charge in [0.15, 0.2) is 0 Å². The molecule has 0 saturated carbocycles. The molecule has 24 heteroatoms. The first kappa shape index (κ1) is 58.9. The van der Waals surface area contributed by atoms with Crippen LogP contribution in [0, 0.1) is 5.92 Å². The Labute approximate surface area is 463 Å². The monoisotopic (exact) mass is 1160 g/mol. The second-order valence-electron chi connectivity index (χ2n) is 25.6.